The molecule has 1 aliphatic carbocycles. The van der Waals surface area contributed by atoms with E-state index in [9.17, 15) is 23.1 Å². The minimum atomic E-state index is -1.09. The molecule has 0 radical (unpaired) electrons. The predicted octanol–water partition coefficient (Wildman–Crippen LogP) is 4.56. The Labute approximate surface area is 219 Å². The third-order valence-corrected chi connectivity index (χ3v) is 6.86. The highest BCUT2D eigenvalue weighted by Gasteiger charge is 2.34. The number of nitrogen functional groups attached to an aromatic ring is 1. The zero-order chi connectivity index (χ0) is 27.7. The van der Waals surface area contributed by atoms with E-state index in [1.165, 1.54) is 0 Å². The third kappa shape index (κ3) is 5.66. The first-order valence-electron chi connectivity index (χ1n) is 12.5. The van der Waals surface area contributed by atoms with E-state index in [1.54, 1.807) is 26.2 Å². The second-order valence-corrected chi connectivity index (χ2v) is 10.2. The average molecular weight is 529 g/mol. The van der Waals surface area contributed by atoms with E-state index < -0.39 is 46.6 Å². The molecule has 1 aliphatic rings. The summed E-state index contributed by atoms with van der Waals surface area (Å²) in [5.41, 5.74) is 11.6. The molecule has 0 amide bonds. The van der Waals surface area contributed by atoms with Gasteiger partial charge >= 0.3 is 0 Å². The van der Waals surface area contributed by atoms with Crippen molar-refractivity contribution in [3.05, 3.63) is 70.9 Å². The van der Waals surface area contributed by atoms with E-state index in [4.69, 9.17) is 16.2 Å². The van der Waals surface area contributed by atoms with Crippen LogP contribution >= 0.6 is 0 Å². The molecule has 1 aromatic carbocycles. The maximum absolute atomic E-state index is 14.9. The van der Waals surface area contributed by atoms with Crippen LogP contribution in [0.25, 0.3) is 11.3 Å². The van der Waals surface area contributed by atoms with Crippen LogP contribution in [-0.2, 0) is 6.42 Å². The van der Waals surface area contributed by atoms with Gasteiger partial charge in [0, 0.05) is 43.1 Å². The minimum absolute atomic E-state index is 0.00181. The molecule has 0 spiro atoms. The van der Waals surface area contributed by atoms with Crippen LogP contribution in [0.5, 0.6) is 5.75 Å². The molecule has 202 valence electrons. The molecule has 1 saturated carbocycles. The molecule has 0 unspecified atom stereocenters. The van der Waals surface area contributed by atoms with Crippen LogP contribution in [0, 0.1) is 23.4 Å². The van der Waals surface area contributed by atoms with Crippen LogP contribution in [0.1, 0.15) is 61.1 Å². The van der Waals surface area contributed by atoms with Crippen molar-refractivity contribution in [2.75, 3.05) is 5.73 Å². The number of Topliss-reactive ketones (excluding diaryl/α,β-unsaturated/α-hetero) is 1. The summed E-state index contributed by atoms with van der Waals surface area (Å²) in [6, 6.07) is 4.11. The molecule has 2 heterocycles. The van der Waals surface area contributed by atoms with E-state index in [0.29, 0.717) is 18.4 Å². The Morgan fingerprint density at radius 1 is 1.16 bits per heavy atom. The van der Waals surface area contributed by atoms with Crippen molar-refractivity contribution in [1.29, 1.82) is 0 Å². The number of benzene rings is 1. The van der Waals surface area contributed by atoms with Crippen molar-refractivity contribution >= 4 is 11.5 Å². The maximum Gasteiger partial charge on any atom is 0.187 e. The van der Waals surface area contributed by atoms with Crippen molar-refractivity contribution in [1.82, 2.24) is 9.97 Å². The number of carbonyl (C=O) groups is 1. The van der Waals surface area contributed by atoms with Crippen LogP contribution < -0.4 is 16.2 Å². The van der Waals surface area contributed by atoms with E-state index in [-0.39, 0.29) is 41.5 Å². The fraction of sp³-hybridized carbons (Fsp3) is 0.393. The Balaban J connectivity index is 1.67. The summed E-state index contributed by atoms with van der Waals surface area (Å²) in [6.45, 7) is 5.32. The third-order valence-electron chi connectivity index (χ3n) is 6.86. The van der Waals surface area contributed by atoms with E-state index in [0.717, 1.165) is 23.8 Å². The van der Waals surface area contributed by atoms with Crippen molar-refractivity contribution in [3.63, 3.8) is 0 Å². The number of ether oxygens (including phenoxy) is 1. The normalized spacial score (nSPS) is 21.5. The number of pyridine rings is 2. The average Bonchev–Trinajstić information content (AvgIpc) is 2.83. The predicted molar refractivity (Wildman–Crippen MR) is 137 cm³/mol. The maximum atomic E-state index is 14.9. The number of rotatable bonds is 7. The summed E-state index contributed by atoms with van der Waals surface area (Å²) in [5.74, 6) is -3.90. The van der Waals surface area contributed by atoms with Gasteiger partial charge in [0.1, 0.15) is 28.8 Å². The number of nitrogens with two attached hydrogens (primary N) is 2. The van der Waals surface area contributed by atoms with Crippen LogP contribution in [0.15, 0.2) is 36.7 Å². The number of aliphatic hydroxyl groups is 1. The van der Waals surface area contributed by atoms with Crippen LogP contribution in [0.3, 0.4) is 0 Å². The molecule has 5 N–H and O–H groups in total. The molecule has 2 aromatic heterocycles. The zero-order valence-electron chi connectivity index (χ0n) is 21.4. The summed E-state index contributed by atoms with van der Waals surface area (Å²) >= 11 is 0. The van der Waals surface area contributed by atoms with Gasteiger partial charge in [0.2, 0.25) is 0 Å². The molecule has 0 aliphatic heterocycles. The first kappa shape index (κ1) is 27.5. The lowest BCUT2D eigenvalue weighted by Crippen LogP contribution is -2.44. The topological polar surface area (TPSA) is 124 Å². The number of carbonyl (C=O) groups excluding carboxylic acids is 1. The van der Waals surface area contributed by atoms with Crippen molar-refractivity contribution in [2.45, 2.75) is 64.2 Å². The number of hydrogen-bond acceptors (Lipinski definition) is 7. The van der Waals surface area contributed by atoms with Gasteiger partial charge in [-0.05, 0) is 55.7 Å². The summed E-state index contributed by atoms with van der Waals surface area (Å²) < 4.78 is 49.9. The molecule has 0 bridgehead atoms. The van der Waals surface area contributed by atoms with Gasteiger partial charge in [0.25, 0.3) is 0 Å². The zero-order valence-corrected chi connectivity index (χ0v) is 21.4. The second kappa shape index (κ2) is 11.1. The minimum Gasteiger partial charge on any atom is -0.491 e. The smallest absolute Gasteiger partial charge is 0.187 e. The van der Waals surface area contributed by atoms with Gasteiger partial charge in [0.05, 0.1) is 23.5 Å². The van der Waals surface area contributed by atoms with Crippen LogP contribution in [0.2, 0.25) is 0 Å². The molecule has 10 heteroatoms. The number of aromatic nitrogens is 2. The highest BCUT2D eigenvalue weighted by atomic mass is 19.1. The van der Waals surface area contributed by atoms with E-state index in [2.05, 4.69) is 9.97 Å². The summed E-state index contributed by atoms with van der Waals surface area (Å²) in [5, 5.41) is 10.2. The number of anilines is 1. The number of nitrogens with zero attached hydrogens (tertiary/aromatic N) is 2. The Kier molecular flexibility index (Phi) is 8.03. The Hall–Kier alpha value is -3.50. The molecule has 4 rings (SSSR count). The van der Waals surface area contributed by atoms with E-state index in [1.807, 2.05) is 13.0 Å². The molecular weight excluding hydrogens is 497 g/mol. The molecule has 0 saturated heterocycles. The highest BCUT2D eigenvalue weighted by molar-refractivity contribution is 6.00. The van der Waals surface area contributed by atoms with Gasteiger partial charge in [-0.1, -0.05) is 6.92 Å². The molecule has 38 heavy (non-hydrogen) atoms. The van der Waals surface area contributed by atoms with Gasteiger partial charge in [0.15, 0.2) is 11.6 Å². The quantitative estimate of drug-likeness (QED) is 0.384. The Morgan fingerprint density at radius 3 is 2.47 bits per heavy atom. The first-order chi connectivity index (χ1) is 18.0. The molecule has 7 nitrogen and oxygen atoms in total. The standard InChI is InChI=1S/C28H31F3N4O3/c1-13(2)38-17-9-19(29)25(20(30)10-17)26-21(31)11-22(32)27(35-26)24(36)8-16-12-34-5-4-18(16)15-6-14(3)28(37)23(33)7-15/h4-5,9-15,23,28,37H,6-8,32-33H2,1-3H3/t14-,15+,23+,28+/m0/s1. The van der Waals surface area contributed by atoms with Crippen molar-refractivity contribution in [2.24, 2.45) is 11.7 Å². The first-order valence-corrected chi connectivity index (χ1v) is 12.5. The SMILES string of the molecule is CC(C)Oc1cc(F)c(-c2nc(C(=O)Cc3cnccc3[C@H]3C[C@@H](N)[C@H](O)[C@@H](C)C3)c(N)cc2F)c(F)c1. The van der Waals surface area contributed by atoms with Crippen LogP contribution in [-0.4, -0.2) is 39.1 Å². The summed E-state index contributed by atoms with van der Waals surface area (Å²) in [7, 11) is 0. The summed E-state index contributed by atoms with van der Waals surface area (Å²) in [6.07, 6.45) is 3.29. The lowest BCUT2D eigenvalue weighted by Gasteiger charge is -2.36. The lowest BCUT2D eigenvalue weighted by atomic mass is 9.74. The molecule has 1 fully saturated rings. The van der Waals surface area contributed by atoms with Gasteiger partial charge in [-0.25, -0.2) is 18.2 Å². The summed E-state index contributed by atoms with van der Waals surface area (Å²) in [4.78, 5) is 21.4. The van der Waals surface area contributed by atoms with Crippen molar-refractivity contribution in [3.8, 4) is 17.0 Å². The lowest BCUT2D eigenvalue weighted by molar-refractivity contribution is 0.0519. The Morgan fingerprint density at radius 2 is 1.84 bits per heavy atom. The Bertz CT molecular complexity index is 1320. The van der Waals surface area contributed by atoms with Gasteiger partial charge in [-0.3, -0.25) is 9.78 Å². The van der Waals surface area contributed by atoms with Crippen molar-refractivity contribution < 1.29 is 27.8 Å². The number of halogens is 3. The molecule has 3 aromatic rings. The van der Waals surface area contributed by atoms with Gasteiger partial charge < -0.3 is 21.3 Å². The van der Waals surface area contributed by atoms with Gasteiger partial charge in [-0.2, -0.15) is 0 Å². The molecule has 4 atom stereocenters. The monoisotopic (exact) mass is 528 g/mol. The number of ketones is 1. The second-order valence-electron chi connectivity index (χ2n) is 10.2. The number of hydrogen-bond donors (Lipinski definition) is 3. The number of aliphatic hydroxyl groups excluding tert-OH is 1. The van der Waals surface area contributed by atoms with Crippen LogP contribution in [0.4, 0.5) is 18.9 Å². The van der Waals surface area contributed by atoms with Gasteiger partial charge in [-0.15, -0.1) is 0 Å². The van der Waals surface area contributed by atoms with E-state index >= 15 is 0 Å². The largest absolute Gasteiger partial charge is 0.491 e. The molecular formula is C28H31F3N4O3. The fourth-order valence-corrected chi connectivity index (χ4v) is 5.09. The fourth-order valence-electron chi connectivity index (χ4n) is 5.09. The highest BCUT2D eigenvalue weighted by Crippen LogP contribution is 2.38.